The molecule has 0 bridgehead atoms. The summed E-state index contributed by atoms with van der Waals surface area (Å²) in [6.07, 6.45) is 1.48. The zero-order valence-corrected chi connectivity index (χ0v) is 11.0. The average molecular weight is 254 g/mol. The van der Waals surface area contributed by atoms with Crippen molar-refractivity contribution in [2.75, 3.05) is 6.54 Å². The van der Waals surface area contributed by atoms with E-state index in [1.807, 2.05) is 20.8 Å². The van der Waals surface area contributed by atoms with Crippen LogP contribution < -0.4 is 5.32 Å². The Morgan fingerprint density at radius 3 is 2.56 bits per heavy atom. The van der Waals surface area contributed by atoms with Gasteiger partial charge in [0.05, 0.1) is 11.5 Å². The molecule has 1 amide bonds. The summed E-state index contributed by atoms with van der Waals surface area (Å²) in [5, 5.41) is 15.2. The van der Waals surface area contributed by atoms with E-state index in [1.165, 1.54) is 13.3 Å². The standard InChI is InChI=1S/C11H18N4O3/c1-7(10(17)18)5-12-9(16)8-13-6-15(14-8)11(2,3)4/h6-7H,5H2,1-4H3,(H,12,16)(H,17,18). The van der Waals surface area contributed by atoms with Crippen LogP contribution in [0.5, 0.6) is 0 Å². The highest BCUT2D eigenvalue weighted by Crippen LogP contribution is 2.10. The first kappa shape index (κ1) is 14.1. The van der Waals surface area contributed by atoms with Crippen molar-refractivity contribution in [2.24, 2.45) is 5.92 Å². The molecule has 0 saturated carbocycles. The molecule has 1 aromatic heterocycles. The molecule has 0 aliphatic heterocycles. The predicted molar refractivity (Wildman–Crippen MR) is 64.2 cm³/mol. The monoisotopic (exact) mass is 254 g/mol. The van der Waals surface area contributed by atoms with Gasteiger partial charge in [-0.3, -0.25) is 9.59 Å². The molecule has 1 rings (SSSR count). The van der Waals surface area contributed by atoms with Gasteiger partial charge in [-0.1, -0.05) is 6.92 Å². The number of nitrogens with one attached hydrogen (secondary N) is 1. The SMILES string of the molecule is CC(CNC(=O)c1ncn(C(C)(C)C)n1)C(=O)O. The number of hydrogen-bond acceptors (Lipinski definition) is 4. The molecule has 7 nitrogen and oxygen atoms in total. The lowest BCUT2D eigenvalue weighted by Crippen LogP contribution is -2.32. The van der Waals surface area contributed by atoms with E-state index in [0.29, 0.717) is 0 Å². The van der Waals surface area contributed by atoms with Crippen LogP contribution in [-0.4, -0.2) is 38.3 Å². The Morgan fingerprint density at radius 2 is 2.11 bits per heavy atom. The Kier molecular flexibility index (Phi) is 4.05. The minimum absolute atomic E-state index is 0.0440. The van der Waals surface area contributed by atoms with E-state index >= 15 is 0 Å². The number of carboxylic acids is 1. The summed E-state index contributed by atoms with van der Waals surface area (Å²) in [4.78, 5) is 26.2. The molecule has 0 aliphatic rings. The van der Waals surface area contributed by atoms with Gasteiger partial charge >= 0.3 is 5.97 Å². The summed E-state index contributed by atoms with van der Waals surface area (Å²) in [6, 6.07) is 0. The Morgan fingerprint density at radius 1 is 1.50 bits per heavy atom. The van der Waals surface area contributed by atoms with E-state index in [0.717, 1.165) is 0 Å². The molecule has 0 spiro atoms. The molecule has 0 aliphatic carbocycles. The van der Waals surface area contributed by atoms with Gasteiger partial charge in [-0.05, 0) is 20.8 Å². The Balaban J connectivity index is 2.63. The van der Waals surface area contributed by atoms with Gasteiger partial charge in [0.2, 0.25) is 5.82 Å². The third-order valence-electron chi connectivity index (χ3n) is 2.37. The van der Waals surface area contributed by atoms with Crippen LogP contribution in [0.1, 0.15) is 38.3 Å². The summed E-state index contributed by atoms with van der Waals surface area (Å²) in [7, 11) is 0. The van der Waals surface area contributed by atoms with Crippen LogP contribution in [0.15, 0.2) is 6.33 Å². The number of aliphatic carboxylic acids is 1. The van der Waals surface area contributed by atoms with Gasteiger partial charge in [-0.15, -0.1) is 5.10 Å². The quantitative estimate of drug-likeness (QED) is 0.814. The zero-order valence-electron chi connectivity index (χ0n) is 11.0. The van der Waals surface area contributed by atoms with Crippen LogP contribution in [0.3, 0.4) is 0 Å². The summed E-state index contributed by atoms with van der Waals surface area (Å²) >= 11 is 0. The van der Waals surface area contributed by atoms with Crippen LogP contribution in [0.25, 0.3) is 0 Å². The Hall–Kier alpha value is -1.92. The van der Waals surface area contributed by atoms with Crippen LogP contribution in [0.2, 0.25) is 0 Å². The van der Waals surface area contributed by atoms with Crippen molar-refractivity contribution in [3.63, 3.8) is 0 Å². The van der Waals surface area contributed by atoms with Gasteiger partial charge in [-0.2, -0.15) is 0 Å². The second-order valence-corrected chi connectivity index (χ2v) is 5.13. The molecule has 0 radical (unpaired) electrons. The van der Waals surface area contributed by atoms with Crippen LogP contribution >= 0.6 is 0 Å². The van der Waals surface area contributed by atoms with E-state index in [2.05, 4.69) is 15.4 Å². The first-order chi connectivity index (χ1) is 8.21. The molecule has 1 heterocycles. The molecule has 100 valence electrons. The normalized spacial score (nSPS) is 13.1. The maximum absolute atomic E-state index is 11.7. The first-order valence-corrected chi connectivity index (χ1v) is 5.65. The van der Waals surface area contributed by atoms with Gasteiger partial charge < -0.3 is 10.4 Å². The number of nitrogens with zero attached hydrogens (tertiary/aromatic N) is 3. The molecule has 1 aromatic rings. The number of rotatable bonds is 4. The second-order valence-electron chi connectivity index (χ2n) is 5.13. The number of carbonyl (C=O) groups is 2. The van der Waals surface area contributed by atoms with E-state index < -0.39 is 17.8 Å². The molecule has 0 saturated heterocycles. The Labute approximate surface area is 105 Å². The van der Waals surface area contributed by atoms with Gasteiger partial charge in [0.1, 0.15) is 6.33 Å². The predicted octanol–water partition coefficient (Wildman–Crippen LogP) is 0.484. The number of amides is 1. The van der Waals surface area contributed by atoms with Crippen molar-refractivity contribution in [1.29, 1.82) is 0 Å². The number of carbonyl (C=O) groups excluding carboxylic acids is 1. The van der Waals surface area contributed by atoms with Gasteiger partial charge in [-0.25, -0.2) is 9.67 Å². The van der Waals surface area contributed by atoms with Crippen LogP contribution in [0.4, 0.5) is 0 Å². The minimum Gasteiger partial charge on any atom is -0.481 e. The smallest absolute Gasteiger partial charge is 0.308 e. The third-order valence-corrected chi connectivity index (χ3v) is 2.37. The second kappa shape index (κ2) is 5.16. The van der Waals surface area contributed by atoms with E-state index in [-0.39, 0.29) is 17.9 Å². The maximum Gasteiger partial charge on any atom is 0.308 e. The molecule has 1 atom stereocenters. The molecule has 1 unspecified atom stereocenters. The largest absolute Gasteiger partial charge is 0.481 e. The number of hydrogen-bond donors (Lipinski definition) is 2. The van der Waals surface area contributed by atoms with E-state index in [9.17, 15) is 9.59 Å². The van der Waals surface area contributed by atoms with Crippen molar-refractivity contribution < 1.29 is 14.7 Å². The molecule has 0 aromatic carbocycles. The van der Waals surface area contributed by atoms with E-state index in [1.54, 1.807) is 4.68 Å². The highest BCUT2D eigenvalue weighted by Gasteiger charge is 2.19. The van der Waals surface area contributed by atoms with Crippen molar-refractivity contribution in [1.82, 2.24) is 20.1 Å². The first-order valence-electron chi connectivity index (χ1n) is 5.65. The fraction of sp³-hybridized carbons (Fsp3) is 0.636. The van der Waals surface area contributed by atoms with Gasteiger partial charge in [0, 0.05) is 6.54 Å². The highest BCUT2D eigenvalue weighted by atomic mass is 16.4. The molecule has 7 heteroatoms. The summed E-state index contributed by atoms with van der Waals surface area (Å²) in [6.45, 7) is 7.39. The summed E-state index contributed by atoms with van der Waals surface area (Å²) in [5.74, 6) is -2.02. The van der Waals surface area contributed by atoms with Crippen molar-refractivity contribution in [3.05, 3.63) is 12.2 Å². The number of aromatic nitrogens is 3. The van der Waals surface area contributed by atoms with Crippen molar-refractivity contribution in [3.8, 4) is 0 Å². The van der Waals surface area contributed by atoms with Crippen molar-refractivity contribution >= 4 is 11.9 Å². The van der Waals surface area contributed by atoms with Gasteiger partial charge in [0.25, 0.3) is 5.91 Å². The highest BCUT2D eigenvalue weighted by molar-refractivity contribution is 5.90. The summed E-state index contributed by atoms with van der Waals surface area (Å²) < 4.78 is 1.59. The topological polar surface area (TPSA) is 97.1 Å². The lowest BCUT2D eigenvalue weighted by atomic mass is 10.1. The van der Waals surface area contributed by atoms with Crippen molar-refractivity contribution in [2.45, 2.75) is 33.2 Å². The van der Waals surface area contributed by atoms with Crippen LogP contribution in [0, 0.1) is 5.92 Å². The number of carboxylic acid groups (broad SMARTS) is 1. The minimum atomic E-state index is -0.955. The van der Waals surface area contributed by atoms with Gasteiger partial charge in [0.15, 0.2) is 0 Å². The summed E-state index contributed by atoms with van der Waals surface area (Å²) in [5.41, 5.74) is -0.250. The van der Waals surface area contributed by atoms with E-state index in [4.69, 9.17) is 5.11 Å². The molecule has 0 fully saturated rings. The lowest BCUT2D eigenvalue weighted by molar-refractivity contribution is -0.140. The third kappa shape index (κ3) is 3.54. The average Bonchev–Trinajstić information content (AvgIpc) is 2.73. The molecular weight excluding hydrogens is 236 g/mol. The Bertz CT molecular complexity index is 447. The zero-order chi connectivity index (χ0) is 13.9. The lowest BCUT2D eigenvalue weighted by Gasteiger charge is -2.17. The fourth-order valence-corrected chi connectivity index (χ4v) is 1.10. The fourth-order valence-electron chi connectivity index (χ4n) is 1.10. The molecule has 2 N–H and O–H groups in total. The molecule has 18 heavy (non-hydrogen) atoms. The molecular formula is C11H18N4O3. The van der Waals surface area contributed by atoms with Crippen LogP contribution in [-0.2, 0) is 10.3 Å². The maximum atomic E-state index is 11.7.